The van der Waals surface area contributed by atoms with Gasteiger partial charge in [0.25, 0.3) is 0 Å². The minimum atomic E-state index is -3.78. The molecule has 0 bridgehead atoms. The van der Waals surface area contributed by atoms with Gasteiger partial charge in [-0.2, -0.15) is 4.31 Å². The number of sulfonamides is 1. The van der Waals surface area contributed by atoms with Crippen molar-refractivity contribution in [2.24, 2.45) is 11.1 Å². The summed E-state index contributed by atoms with van der Waals surface area (Å²) in [7, 11) is -3.78. The third kappa shape index (κ3) is 3.25. The molecule has 21 heavy (non-hydrogen) atoms. The Bertz CT molecular complexity index is 662. The fourth-order valence-corrected chi connectivity index (χ4v) is 4.36. The molecule has 1 heterocycles. The van der Waals surface area contributed by atoms with Gasteiger partial charge >= 0.3 is 0 Å². The van der Waals surface area contributed by atoms with E-state index in [-0.39, 0.29) is 20.9 Å². The number of piperidine rings is 1. The molecular formula is C14H19FN2O2S2. The zero-order valence-electron chi connectivity index (χ0n) is 12.1. The van der Waals surface area contributed by atoms with E-state index < -0.39 is 15.8 Å². The second-order valence-corrected chi connectivity index (χ2v) is 8.39. The van der Waals surface area contributed by atoms with Gasteiger partial charge in [-0.15, -0.1) is 0 Å². The van der Waals surface area contributed by atoms with Gasteiger partial charge in [0.2, 0.25) is 10.0 Å². The second-order valence-electron chi connectivity index (χ2n) is 6.05. The maximum absolute atomic E-state index is 13.9. The van der Waals surface area contributed by atoms with E-state index in [0.717, 1.165) is 18.9 Å². The van der Waals surface area contributed by atoms with Crippen molar-refractivity contribution in [2.75, 3.05) is 13.1 Å². The Labute approximate surface area is 130 Å². The van der Waals surface area contributed by atoms with Crippen LogP contribution in [0, 0.1) is 11.2 Å². The molecule has 0 unspecified atom stereocenters. The van der Waals surface area contributed by atoms with E-state index >= 15 is 0 Å². The maximum atomic E-state index is 13.9. The minimum Gasteiger partial charge on any atom is -0.389 e. The lowest BCUT2D eigenvalue weighted by molar-refractivity contribution is 0.196. The van der Waals surface area contributed by atoms with E-state index in [2.05, 4.69) is 13.8 Å². The zero-order chi connectivity index (χ0) is 15.8. The molecule has 1 fully saturated rings. The maximum Gasteiger partial charge on any atom is 0.243 e. The number of hydrogen-bond acceptors (Lipinski definition) is 3. The summed E-state index contributed by atoms with van der Waals surface area (Å²) in [4.78, 5) is -0.390. The first kappa shape index (κ1) is 16.3. The van der Waals surface area contributed by atoms with Crippen molar-refractivity contribution in [3.63, 3.8) is 0 Å². The summed E-state index contributed by atoms with van der Waals surface area (Å²) in [5, 5.41) is 0. The van der Waals surface area contributed by atoms with E-state index in [0.29, 0.717) is 13.1 Å². The number of rotatable bonds is 3. The molecule has 1 aromatic carbocycles. The van der Waals surface area contributed by atoms with Crippen LogP contribution in [0.3, 0.4) is 0 Å². The Morgan fingerprint density at radius 1 is 1.33 bits per heavy atom. The predicted molar refractivity (Wildman–Crippen MR) is 84.1 cm³/mol. The second kappa shape index (κ2) is 5.62. The van der Waals surface area contributed by atoms with Crippen molar-refractivity contribution in [3.05, 3.63) is 29.6 Å². The number of nitrogens with zero attached hydrogens (tertiary/aromatic N) is 1. The van der Waals surface area contributed by atoms with Gasteiger partial charge < -0.3 is 5.73 Å². The smallest absolute Gasteiger partial charge is 0.243 e. The average molecular weight is 330 g/mol. The number of nitrogens with two attached hydrogens (primary N) is 1. The lowest BCUT2D eigenvalue weighted by Gasteiger charge is -2.36. The van der Waals surface area contributed by atoms with Crippen molar-refractivity contribution in [1.29, 1.82) is 0 Å². The number of benzene rings is 1. The molecule has 1 saturated heterocycles. The molecule has 2 rings (SSSR count). The monoisotopic (exact) mass is 330 g/mol. The lowest BCUT2D eigenvalue weighted by Crippen LogP contribution is -2.41. The fourth-order valence-electron chi connectivity index (χ4n) is 2.43. The molecular weight excluding hydrogens is 311 g/mol. The van der Waals surface area contributed by atoms with E-state index in [9.17, 15) is 12.8 Å². The molecule has 0 atom stereocenters. The Hall–Kier alpha value is -1.05. The van der Waals surface area contributed by atoms with Gasteiger partial charge in [0.05, 0.1) is 10.5 Å². The molecule has 0 aliphatic carbocycles. The van der Waals surface area contributed by atoms with Crippen LogP contribution in [0.1, 0.15) is 32.3 Å². The van der Waals surface area contributed by atoms with E-state index in [4.69, 9.17) is 18.0 Å². The van der Waals surface area contributed by atoms with Gasteiger partial charge in [0.15, 0.2) is 0 Å². The van der Waals surface area contributed by atoms with E-state index in [1.165, 1.54) is 16.4 Å². The van der Waals surface area contributed by atoms with Crippen LogP contribution < -0.4 is 5.73 Å². The van der Waals surface area contributed by atoms with Crippen molar-refractivity contribution in [1.82, 2.24) is 4.31 Å². The summed E-state index contributed by atoms with van der Waals surface area (Å²) in [6.07, 6.45) is 1.54. The summed E-state index contributed by atoms with van der Waals surface area (Å²) >= 11 is 4.80. The zero-order valence-corrected chi connectivity index (χ0v) is 13.7. The SMILES string of the molecule is CC1(C)CCN(S(=O)(=O)c2cccc(F)c2C(N)=S)CC1. The molecule has 7 heteroatoms. The van der Waals surface area contributed by atoms with Crippen molar-refractivity contribution in [2.45, 2.75) is 31.6 Å². The first-order valence-electron chi connectivity index (χ1n) is 6.74. The van der Waals surface area contributed by atoms with Gasteiger partial charge in [-0.1, -0.05) is 32.1 Å². The van der Waals surface area contributed by atoms with Crippen LogP contribution in [0.15, 0.2) is 23.1 Å². The highest BCUT2D eigenvalue weighted by molar-refractivity contribution is 7.89. The van der Waals surface area contributed by atoms with Gasteiger partial charge in [-0.3, -0.25) is 0 Å². The Kier molecular flexibility index (Phi) is 4.37. The van der Waals surface area contributed by atoms with E-state index in [1.807, 2.05) is 0 Å². The molecule has 1 aliphatic heterocycles. The van der Waals surface area contributed by atoms with Gasteiger partial charge in [0.1, 0.15) is 10.8 Å². The summed E-state index contributed by atoms with van der Waals surface area (Å²) < 4.78 is 40.7. The van der Waals surface area contributed by atoms with Crippen LogP contribution in [0.4, 0.5) is 4.39 Å². The van der Waals surface area contributed by atoms with Crippen molar-refractivity contribution in [3.8, 4) is 0 Å². The summed E-state index contributed by atoms with van der Waals surface area (Å²) in [5.74, 6) is -0.707. The highest BCUT2D eigenvalue weighted by Gasteiger charge is 2.34. The van der Waals surface area contributed by atoms with E-state index in [1.54, 1.807) is 0 Å². The molecule has 116 valence electrons. The average Bonchev–Trinajstić information content (AvgIpc) is 2.37. The Morgan fingerprint density at radius 2 is 1.90 bits per heavy atom. The number of hydrogen-bond donors (Lipinski definition) is 1. The van der Waals surface area contributed by atoms with Crippen LogP contribution in [0.5, 0.6) is 0 Å². The third-order valence-electron chi connectivity index (χ3n) is 3.92. The molecule has 4 nitrogen and oxygen atoms in total. The molecule has 1 aliphatic rings. The molecule has 0 spiro atoms. The molecule has 0 radical (unpaired) electrons. The van der Waals surface area contributed by atoms with Gasteiger partial charge in [0, 0.05) is 13.1 Å². The van der Waals surface area contributed by atoms with Crippen molar-refractivity contribution >= 4 is 27.2 Å². The topological polar surface area (TPSA) is 63.4 Å². The fraction of sp³-hybridized carbons (Fsp3) is 0.500. The third-order valence-corrected chi connectivity index (χ3v) is 6.06. The molecule has 2 N–H and O–H groups in total. The van der Waals surface area contributed by atoms with Gasteiger partial charge in [-0.25, -0.2) is 12.8 Å². The Morgan fingerprint density at radius 3 is 2.43 bits per heavy atom. The summed E-state index contributed by atoms with van der Waals surface area (Å²) in [6.45, 7) is 5.06. The number of halogens is 1. The molecule has 0 saturated carbocycles. The summed E-state index contributed by atoms with van der Waals surface area (Å²) in [6, 6.07) is 3.87. The first-order chi connectivity index (χ1) is 9.65. The van der Waals surface area contributed by atoms with Gasteiger partial charge in [-0.05, 0) is 30.4 Å². The van der Waals surface area contributed by atoms with Crippen LogP contribution in [0.2, 0.25) is 0 Å². The Balaban J connectivity index is 2.42. The summed E-state index contributed by atoms with van der Waals surface area (Å²) in [5.41, 5.74) is 5.42. The lowest BCUT2D eigenvalue weighted by atomic mass is 9.83. The molecule has 0 amide bonds. The highest BCUT2D eigenvalue weighted by Crippen LogP contribution is 2.33. The largest absolute Gasteiger partial charge is 0.389 e. The van der Waals surface area contributed by atoms with Crippen LogP contribution >= 0.6 is 12.2 Å². The molecule has 1 aromatic rings. The quantitative estimate of drug-likeness (QED) is 0.864. The predicted octanol–water partition coefficient (Wildman–Crippen LogP) is 2.27. The number of thiocarbonyl (C=S) groups is 1. The van der Waals surface area contributed by atoms with Crippen molar-refractivity contribution < 1.29 is 12.8 Å². The first-order valence-corrected chi connectivity index (χ1v) is 8.58. The molecule has 0 aromatic heterocycles. The minimum absolute atomic E-state index is 0.125. The standard InChI is InChI=1S/C14H19FN2O2S2/c1-14(2)6-8-17(9-7-14)21(18,19)11-5-3-4-10(15)12(11)13(16)20/h3-5H,6-9H2,1-2H3,(H2,16,20). The van der Waals surface area contributed by atoms with Crippen LogP contribution in [-0.4, -0.2) is 30.8 Å². The van der Waals surface area contributed by atoms with Crippen LogP contribution in [-0.2, 0) is 10.0 Å². The highest BCUT2D eigenvalue weighted by atomic mass is 32.2. The van der Waals surface area contributed by atoms with Crippen LogP contribution in [0.25, 0.3) is 0 Å². The normalized spacial score (nSPS) is 19.4.